The Balaban J connectivity index is 2.14. The maximum absolute atomic E-state index is 11.3. The molecule has 9 nitrogen and oxygen atoms in total. The number of nitro groups is 1. The van der Waals surface area contributed by atoms with Gasteiger partial charge in [-0.15, -0.1) is 0 Å². The third kappa shape index (κ3) is 2.33. The fourth-order valence-electron chi connectivity index (χ4n) is 2.49. The largest absolute Gasteiger partial charge is 0.331 e. The molecule has 116 valence electrons. The van der Waals surface area contributed by atoms with Crippen LogP contribution in [0.1, 0.15) is 25.5 Å². The number of rotatable bonds is 3. The highest BCUT2D eigenvalue weighted by Gasteiger charge is 2.27. The van der Waals surface area contributed by atoms with Crippen molar-refractivity contribution in [3.63, 3.8) is 0 Å². The van der Waals surface area contributed by atoms with Crippen LogP contribution < -0.4 is 5.32 Å². The van der Waals surface area contributed by atoms with Crippen molar-refractivity contribution in [3.8, 4) is 5.82 Å². The summed E-state index contributed by atoms with van der Waals surface area (Å²) in [5.74, 6) is -0.199. The van der Waals surface area contributed by atoms with Gasteiger partial charge in [-0.05, 0) is 19.3 Å². The normalized spacial score (nSPS) is 13.7. The lowest BCUT2D eigenvalue weighted by Gasteiger charge is -2.12. The van der Waals surface area contributed by atoms with Crippen molar-refractivity contribution in [1.29, 1.82) is 0 Å². The fraction of sp³-hybridized carbons (Fsp3) is 0.417. The maximum atomic E-state index is 11.3. The number of aromatic nitrogens is 4. The fourth-order valence-corrected chi connectivity index (χ4v) is 2.80. The van der Waals surface area contributed by atoms with E-state index in [1.165, 1.54) is 11.6 Å². The molecule has 3 rings (SSSR count). The zero-order chi connectivity index (χ0) is 15.9. The van der Waals surface area contributed by atoms with E-state index in [1.807, 2.05) is 0 Å². The molecule has 0 saturated carbocycles. The standard InChI is InChI=1S/C12H13ClN6O3/c1-7(20)15-11-9(19(21)22)6-14-18(11)12-10(13)8-4-2-3-5-17(8)16-12/h6H,2-5H2,1H3,(H,15,20). The summed E-state index contributed by atoms with van der Waals surface area (Å²) >= 11 is 6.35. The lowest BCUT2D eigenvalue weighted by molar-refractivity contribution is -0.384. The summed E-state index contributed by atoms with van der Waals surface area (Å²) in [5, 5.41) is 22.2. The van der Waals surface area contributed by atoms with E-state index in [0.717, 1.165) is 37.7 Å². The Morgan fingerprint density at radius 2 is 2.27 bits per heavy atom. The number of halogens is 1. The minimum absolute atomic E-state index is 0.0464. The van der Waals surface area contributed by atoms with Crippen molar-refractivity contribution >= 4 is 29.0 Å². The Labute approximate surface area is 130 Å². The number of nitrogens with zero attached hydrogens (tertiary/aromatic N) is 5. The van der Waals surface area contributed by atoms with Gasteiger partial charge < -0.3 is 5.32 Å². The van der Waals surface area contributed by atoms with E-state index in [0.29, 0.717) is 5.02 Å². The third-order valence-corrected chi connectivity index (χ3v) is 3.84. The summed E-state index contributed by atoms with van der Waals surface area (Å²) in [7, 11) is 0. The average molecular weight is 325 g/mol. The van der Waals surface area contributed by atoms with Crippen LogP contribution >= 0.6 is 11.6 Å². The molecular weight excluding hydrogens is 312 g/mol. The molecule has 0 bridgehead atoms. The summed E-state index contributed by atoms with van der Waals surface area (Å²) in [6.07, 6.45) is 3.88. The third-order valence-electron chi connectivity index (χ3n) is 3.45. The SMILES string of the molecule is CC(=O)Nc1c([N+](=O)[O-])cnn1-c1nn2c(c1Cl)CCCC2. The van der Waals surface area contributed by atoms with Crippen molar-refractivity contribution < 1.29 is 9.72 Å². The highest BCUT2D eigenvalue weighted by molar-refractivity contribution is 6.33. The molecule has 2 aromatic rings. The first-order valence-electron chi connectivity index (χ1n) is 6.74. The van der Waals surface area contributed by atoms with Crippen molar-refractivity contribution in [3.05, 3.63) is 27.0 Å². The molecule has 0 aromatic carbocycles. The summed E-state index contributed by atoms with van der Waals surface area (Å²) in [6.45, 7) is 2.01. The second-order valence-electron chi connectivity index (χ2n) is 4.99. The molecule has 1 N–H and O–H groups in total. The van der Waals surface area contributed by atoms with E-state index >= 15 is 0 Å². The van der Waals surface area contributed by atoms with Gasteiger partial charge in [0.05, 0.1) is 10.6 Å². The van der Waals surface area contributed by atoms with Crippen LogP contribution in [-0.4, -0.2) is 30.4 Å². The monoisotopic (exact) mass is 324 g/mol. The minimum Gasteiger partial charge on any atom is -0.305 e. The number of carbonyl (C=O) groups is 1. The van der Waals surface area contributed by atoms with Crippen molar-refractivity contribution in [2.24, 2.45) is 0 Å². The molecular formula is C12H13ClN6O3. The zero-order valence-corrected chi connectivity index (χ0v) is 12.5. The second-order valence-corrected chi connectivity index (χ2v) is 5.37. The molecule has 0 aliphatic carbocycles. The van der Waals surface area contributed by atoms with Crippen LogP contribution in [0, 0.1) is 10.1 Å². The Kier molecular flexibility index (Phi) is 3.57. The number of fused-ring (bicyclic) bond motifs is 1. The predicted octanol–water partition coefficient (Wildman–Crippen LogP) is 1.93. The molecule has 0 radical (unpaired) electrons. The first kappa shape index (κ1) is 14.5. The summed E-state index contributed by atoms with van der Waals surface area (Å²) in [6, 6.07) is 0. The van der Waals surface area contributed by atoms with E-state index in [-0.39, 0.29) is 17.3 Å². The van der Waals surface area contributed by atoms with Gasteiger partial charge in [-0.2, -0.15) is 14.9 Å². The Morgan fingerprint density at radius 1 is 1.50 bits per heavy atom. The summed E-state index contributed by atoms with van der Waals surface area (Å²) < 4.78 is 2.99. The molecule has 0 atom stereocenters. The van der Waals surface area contributed by atoms with Crippen LogP contribution in [-0.2, 0) is 17.8 Å². The number of anilines is 1. The number of hydrogen-bond donors (Lipinski definition) is 1. The number of carbonyl (C=O) groups excluding carboxylic acids is 1. The highest BCUT2D eigenvalue weighted by Crippen LogP contribution is 2.33. The molecule has 0 fully saturated rings. The van der Waals surface area contributed by atoms with Crippen LogP contribution in [0.2, 0.25) is 5.02 Å². The highest BCUT2D eigenvalue weighted by atomic mass is 35.5. The smallest absolute Gasteiger partial charge is 0.305 e. The zero-order valence-electron chi connectivity index (χ0n) is 11.7. The van der Waals surface area contributed by atoms with Gasteiger partial charge in [-0.3, -0.25) is 19.6 Å². The first-order chi connectivity index (χ1) is 10.5. The molecule has 1 aliphatic heterocycles. The maximum Gasteiger partial charge on any atom is 0.331 e. The van der Waals surface area contributed by atoms with Crippen LogP contribution in [0.15, 0.2) is 6.20 Å². The van der Waals surface area contributed by atoms with Crippen LogP contribution in [0.3, 0.4) is 0 Å². The van der Waals surface area contributed by atoms with E-state index in [2.05, 4.69) is 15.5 Å². The predicted molar refractivity (Wildman–Crippen MR) is 78.3 cm³/mol. The summed E-state index contributed by atoms with van der Waals surface area (Å²) in [4.78, 5) is 21.8. The number of aryl methyl sites for hydroxylation is 1. The summed E-state index contributed by atoms with van der Waals surface area (Å²) in [5.41, 5.74) is 0.576. The number of hydrogen-bond acceptors (Lipinski definition) is 5. The Hall–Kier alpha value is -2.42. The lowest BCUT2D eigenvalue weighted by atomic mass is 10.1. The van der Waals surface area contributed by atoms with Crippen molar-refractivity contribution in [2.75, 3.05) is 5.32 Å². The van der Waals surface area contributed by atoms with E-state index < -0.39 is 10.8 Å². The van der Waals surface area contributed by atoms with Crippen LogP contribution in [0.5, 0.6) is 0 Å². The van der Waals surface area contributed by atoms with Gasteiger partial charge in [0.15, 0.2) is 5.82 Å². The van der Waals surface area contributed by atoms with Gasteiger partial charge in [-0.1, -0.05) is 11.6 Å². The number of amides is 1. The molecule has 0 spiro atoms. The van der Waals surface area contributed by atoms with Crippen LogP contribution in [0.4, 0.5) is 11.5 Å². The molecule has 0 unspecified atom stereocenters. The van der Waals surface area contributed by atoms with E-state index in [4.69, 9.17) is 11.6 Å². The average Bonchev–Trinajstić information content (AvgIpc) is 3.00. The van der Waals surface area contributed by atoms with Crippen molar-refractivity contribution in [1.82, 2.24) is 19.6 Å². The van der Waals surface area contributed by atoms with E-state index in [9.17, 15) is 14.9 Å². The van der Waals surface area contributed by atoms with E-state index in [1.54, 1.807) is 4.68 Å². The topological polar surface area (TPSA) is 108 Å². The molecule has 0 saturated heterocycles. The van der Waals surface area contributed by atoms with Gasteiger partial charge in [0.25, 0.3) is 0 Å². The van der Waals surface area contributed by atoms with Gasteiger partial charge in [0.2, 0.25) is 11.7 Å². The Morgan fingerprint density at radius 3 is 2.91 bits per heavy atom. The molecule has 1 aliphatic rings. The van der Waals surface area contributed by atoms with Gasteiger partial charge in [-0.25, -0.2) is 0 Å². The first-order valence-corrected chi connectivity index (χ1v) is 7.12. The molecule has 3 heterocycles. The molecule has 22 heavy (non-hydrogen) atoms. The molecule has 10 heteroatoms. The quantitative estimate of drug-likeness (QED) is 0.685. The molecule has 1 amide bonds. The minimum atomic E-state index is -0.612. The Bertz CT molecular complexity index is 765. The van der Waals surface area contributed by atoms with Crippen molar-refractivity contribution in [2.45, 2.75) is 32.7 Å². The van der Waals surface area contributed by atoms with Gasteiger partial charge >= 0.3 is 5.69 Å². The molecule has 2 aromatic heterocycles. The second kappa shape index (κ2) is 5.41. The number of nitrogens with one attached hydrogen (secondary N) is 1. The van der Waals surface area contributed by atoms with Crippen LogP contribution in [0.25, 0.3) is 5.82 Å². The van der Waals surface area contributed by atoms with Gasteiger partial charge in [0, 0.05) is 13.5 Å². The lowest BCUT2D eigenvalue weighted by Crippen LogP contribution is -2.13. The van der Waals surface area contributed by atoms with Gasteiger partial charge in [0.1, 0.15) is 11.2 Å².